The van der Waals surface area contributed by atoms with Gasteiger partial charge < -0.3 is 9.47 Å². The predicted octanol–water partition coefficient (Wildman–Crippen LogP) is 3.03. The molecule has 1 heterocycles. The zero-order valence-corrected chi connectivity index (χ0v) is 10.9. The lowest BCUT2D eigenvalue weighted by atomic mass is 10.2. The minimum Gasteiger partial charge on any atom is -0.497 e. The van der Waals surface area contributed by atoms with Gasteiger partial charge >= 0.3 is 0 Å². The average molecular weight is 265 g/mol. The minimum absolute atomic E-state index is 0.185. The smallest absolute Gasteiger partial charge is 0.225 e. The van der Waals surface area contributed by atoms with Crippen molar-refractivity contribution in [3.8, 4) is 11.6 Å². The summed E-state index contributed by atoms with van der Waals surface area (Å²) in [6.45, 7) is 2.30. The van der Waals surface area contributed by atoms with E-state index in [4.69, 9.17) is 21.1 Å². The third-order valence-electron chi connectivity index (χ3n) is 2.43. The molecular weight excluding hydrogens is 252 g/mol. The van der Waals surface area contributed by atoms with Crippen molar-refractivity contribution in [1.82, 2.24) is 9.97 Å². The van der Waals surface area contributed by atoms with Crippen LogP contribution >= 0.6 is 11.6 Å². The van der Waals surface area contributed by atoms with Gasteiger partial charge in [-0.1, -0.05) is 12.1 Å². The highest BCUT2D eigenvalue weighted by Gasteiger charge is 2.04. The molecule has 5 heteroatoms. The molecule has 0 N–H and O–H groups in total. The molecule has 94 valence electrons. The summed E-state index contributed by atoms with van der Waals surface area (Å²) in [6, 6.07) is 7.66. The monoisotopic (exact) mass is 264 g/mol. The van der Waals surface area contributed by atoms with Crippen molar-refractivity contribution in [2.45, 2.75) is 13.5 Å². The van der Waals surface area contributed by atoms with Crippen molar-refractivity contribution < 1.29 is 9.47 Å². The highest BCUT2D eigenvalue weighted by molar-refractivity contribution is 6.28. The highest BCUT2D eigenvalue weighted by atomic mass is 35.5. The molecular formula is C13H13ClN2O2. The van der Waals surface area contributed by atoms with Crippen LogP contribution in [0.15, 0.2) is 30.5 Å². The van der Waals surface area contributed by atoms with E-state index in [-0.39, 0.29) is 5.28 Å². The maximum Gasteiger partial charge on any atom is 0.225 e. The fourth-order valence-electron chi connectivity index (χ4n) is 1.43. The number of rotatable bonds is 4. The zero-order valence-electron chi connectivity index (χ0n) is 10.2. The van der Waals surface area contributed by atoms with Gasteiger partial charge in [0.05, 0.1) is 7.11 Å². The number of hydrogen-bond donors (Lipinski definition) is 0. The molecule has 0 atom stereocenters. The molecule has 0 bridgehead atoms. The molecule has 2 aromatic rings. The first-order valence-electron chi connectivity index (χ1n) is 5.44. The van der Waals surface area contributed by atoms with Crippen molar-refractivity contribution in [3.63, 3.8) is 0 Å². The summed E-state index contributed by atoms with van der Waals surface area (Å²) in [4.78, 5) is 7.90. The Morgan fingerprint density at radius 2 is 1.94 bits per heavy atom. The summed E-state index contributed by atoms with van der Waals surface area (Å²) < 4.78 is 10.7. The molecule has 2 rings (SSSR count). The molecule has 1 aromatic carbocycles. The number of ether oxygens (including phenoxy) is 2. The van der Waals surface area contributed by atoms with Crippen LogP contribution < -0.4 is 9.47 Å². The summed E-state index contributed by atoms with van der Waals surface area (Å²) in [5.74, 6) is 1.32. The molecule has 4 nitrogen and oxygen atoms in total. The predicted molar refractivity (Wildman–Crippen MR) is 69.1 cm³/mol. The Morgan fingerprint density at radius 3 is 2.61 bits per heavy atom. The maximum atomic E-state index is 5.72. The van der Waals surface area contributed by atoms with Crippen LogP contribution in [-0.2, 0) is 6.61 Å². The van der Waals surface area contributed by atoms with Gasteiger partial charge in [0.2, 0.25) is 11.2 Å². The second-order valence-electron chi connectivity index (χ2n) is 3.76. The van der Waals surface area contributed by atoms with Crippen molar-refractivity contribution in [1.29, 1.82) is 0 Å². The summed E-state index contributed by atoms with van der Waals surface area (Å²) in [6.07, 6.45) is 1.64. The third kappa shape index (κ3) is 3.11. The van der Waals surface area contributed by atoms with Gasteiger partial charge in [-0.15, -0.1) is 0 Å². The second-order valence-corrected chi connectivity index (χ2v) is 4.10. The van der Waals surface area contributed by atoms with Gasteiger partial charge in [-0.3, -0.25) is 0 Å². The second kappa shape index (κ2) is 5.69. The zero-order chi connectivity index (χ0) is 13.0. The van der Waals surface area contributed by atoms with Crippen molar-refractivity contribution in [2.24, 2.45) is 0 Å². The molecule has 0 saturated heterocycles. The van der Waals surface area contributed by atoms with Crippen LogP contribution in [0.1, 0.15) is 11.1 Å². The summed E-state index contributed by atoms with van der Waals surface area (Å²) in [7, 11) is 1.64. The molecule has 0 unspecified atom stereocenters. The first-order valence-corrected chi connectivity index (χ1v) is 5.81. The van der Waals surface area contributed by atoms with E-state index < -0.39 is 0 Å². The first kappa shape index (κ1) is 12.6. The van der Waals surface area contributed by atoms with Crippen LogP contribution in [0.5, 0.6) is 11.6 Å². The Morgan fingerprint density at radius 1 is 1.22 bits per heavy atom. The maximum absolute atomic E-state index is 5.72. The van der Waals surface area contributed by atoms with Crippen LogP contribution in [0.2, 0.25) is 5.28 Å². The Balaban J connectivity index is 2.04. The quantitative estimate of drug-likeness (QED) is 0.796. The highest BCUT2D eigenvalue weighted by Crippen LogP contribution is 2.18. The van der Waals surface area contributed by atoms with Crippen molar-refractivity contribution in [2.75, 3.05) is 7.11 Å². The summed E-state index contributed by atoms with van der Waals surface area (Å²) >= 11 is 5.72. The van der Waals surface area contributed by atoms with Crippen LogP contribution in [0.25, 0.3) is 0 Å². The van der Waals surface area contributed by atoms with Crippen LogP contribution in [-0.4, -0.2) is 17.1 Å². The number of benzene rings is 1. The molecule has 0 saturated carbocycles. The van der Waals surface area contributed by atoms with Gasteiger partial charge in [-0.25, -0.2) is 4.98 Å². The van der Waals surface area contributed by atoms with Gasteiger partial charge in [0.15, 0.2) is 0 Å². The Bertz CT molecular complexity index is 529. The normalized spacial score (nSPS) is 10.2. The van der Waals surface area contributed by atoms with Crippen LogP contribution in [0.3, 0.4) is 0 Å². The Kier molecular flexibility index (Phi) is 3.99. The molecule has 0 aliphatic heterocycles. The standard InChI is InChI=1S/C13H13ClN2O2/c1-9-7-15-13(14)16-12(9)18-8-10-3-5-11(17-2)6-4-10/h3-7H,8H2,1-2H3. The van der Waals surface area contributed by atoms with E-state index in [1.807, 2.05) is 31.2 Å². The topological polar surface area (TPSA) is 44.2 Å². The van der Waals surface area contributed by atoms with Gasteiger partial charge in [0.1, 0.15) is 12.4 Å². The average Bonchev–Trinajstić information content (AvgIpc) is 2.40. The largest absolute Gasteiger partial charge is 0.497 e. The van der Waals surface area contributed by atoms with E-state index >= 15 is 0 Å². The SMILES string of the molecule is COc1ccc(COc2nc(Cl)ncc2C)cc1. The number of methoxy groups -OCH3 is 1. The third-order valence-corrected chi connectivity index (χ3v) is 2.61. The molecule has 0 aliphatic rings. The van der Waals surface area contributed by atoms with E-state index in [1.165, 1.54) is 0 Å². The lowest BCUT2D eigenvalue weighted by molar-refractivity contribution is 0.291. The van der Waals surface area contributed by atoms with E-state index in [1.54, 1.807) is 13.3 Å². The first-order chi connectivity index (χ1) is 8.69. The number of aromatic nitrogens is 2. The Labute approximate surface area is 111 Å². The number of aryl methyl sites for hydroxylation is 1. The van der Waals surface area contributed by atoms with Crippen LogP contribution in [0, 0.1) is 6.92 Å². The molecule has 1 aromatic heterocycles. The summed E-state index contributed by atoms with van der Waals surface area (Å²) in [5, 5.41) is 0.185. The number of hydrogen-bond acceptors (Lipinski definition) is 4. The Hall–Kier alpha value is -1.81. The van der Waals surface area contributed by atoms with Crippen molar-refractivity contribution in [3.05, 3.63) is 46.9 Å². The van der Waals surface area contributed by atoms with Gasteiger partial charge in [0, 0.05) is 11.8 Å². The van der Waals surface area contributed by atoms with Gasteiger partial charge in [-0.05, 0) is 36.2 Å². The van der Waals surface area contributed by atoms with Crippen molar-refractivity contribution >= 4 is 11.6 Å². The number of halogens is 1. The molecule has 0 spiro atoms. The van der Waals surface area contributed by atoms with Gasteiger partial charge in [-0.2, -0.15) is 4.98 Å². The summed E-state index contributed by atoms with van der Waals surface area (Å²) in [5.41, 5.74) is 1.89. The fourth-order valence-corrected chi connectivity index (χ4v) is 1.55. The lowest BCUT2D eigenvalue weighted by Gasteiger charge is -2.08. The molecule has 18 heavy (non-hydrogen) atoms. The van der Waals surface area contributed by atoms with E-state index in [9.17, 15) is 0 Å². The molecule has 0 fully saturated rings. The molecule has 0 radical (unpaired) electrons. The molecule has 0 aliphatic carbocycles. The van der Waals surface area contributed by atoms with Gasteiger partial charge in [0.25, 0.3) is 0 Å². The molecule has 0 amide bonds. The minimum atomic E-state index is 0.185. The van der Waals surface area contributed by atoms with E-state index in [2.05, 4.69) is 9.97 Å². The number of nitrogens with zero attached hydrogens (tertiary/aromatic N) is 2. The van der Waals surface area contributed by atoms with E-state index in [0.29, 0.717) is 12.5 Å². The fraction of sp³-hybridized carbons (Fsp3) is 0.231. The lowest BCUT2D eigenvalue weighted by Crippen LogP contribution is -2.00. The van der Waals surface area contributed by atoms with Crippen LogP contribution in [0.4, 0.5) is 0 Å². The van der Waals surface area contributed by atoms with E-state index in [0.717, 1.165) is 16.9 Å².